The molecule has 0 fully saturated rings. The van der Waals surface area contributed by atoms with Crippen molar-refractivity contribution >= 4 is 35.2 Å². The van der Waals surface area contributed by atoms with E-state index in [-0.39, 0.29) is 5.91 Å². The molecule has 0 saturated heterocycles. The number of hydrogen-bond donors (Lipinski definition) is 2. The van der Waals surface area contributed by atoms with Crippen molar-refractivity contribution in [3.63, 3.8) is 0 Å². The van der Waals surface area contributed by atoms with E-state index >= 15 is 0 Å². The molecule has 0 spiro atoms. The summed E-state index contributed by atoms with van der Waals surface area (Å²) >= 11 is 11.8. The standard InChI is InChI=1S/C15H15Cl2N3O/c16-12-5-3-11(13(17)10-12)4-6-15(21)20-7-1-2-14-18-8-9-19-14/h3-6,8-10H,1-2,7H2,(H,18,19)(H,20,21)/b6-4+. The minimum Gasteiger partial charge on any atom is -0.353 e. The molecule has 0 atom stereocenters. The Kier molecular flexibility index (Phi) is 5.84. The second-order valence-electron chi connectivity index (χ2n) is 4.43. The van der Waals surface area contributed by atoms with E-state index < -0.39 is 0 Å². The second kappa shape index (κ2) is 7.86. The number of benzene rings is 1. The van der Waals surface area contributed by atoms with Crippen molar-refractivity contribution in [1.29, 1.82) is 0 Å². The normalized spacial score (nSPS) is 11.0. The van der Waals surface area contributed by atoms with Gasteiger partial charge in [0.25, 0.3) is 0 Å². The quantitative estimate of drug-likeness (QED) is 0.631. The van der Waals surface area contributed by atoms with Crippen LogP contribution in [-0.2, 0) is 11.2 Å². The number of carbonyl (C=O) groups excluding carboxylic acids is 1. The van der Waals surface area contributed by atoms with Gasteiger partial charge in [-0.15, -0.1) is 0 Å². The Morgan fingerprint density at radius 1 is 1.38 bits per heavy atom. The van der Waals surface area contributed by atoms with Crippen molar-refractivity contribution in [1.82, 2.24) is 15.3 Å². The number of rotatable bonds is 6. The number of nitrogens with zero attached hydrogens (tertiary/aromatic N) is 1. The molecule has 1 aromatic carbocycles. The lowest BCUT2D eigenvalue weighted by molar-refractivity contribution is -0.116. The summed E-state index contributed by atoms with van der Waals surface area (Å²) in [5.74, 6) is 0.771. The van der Waals surface area contributed by atoms with Crippen LogP contribution in [0.4, 0.5) is 0 Å². The fourth-order valence-corrected chi connectivity index (χ4v) is 2.23. The summed E-state index contributed by atoms with van der Waals surface area (Å²) < 4.78 is 0. The van der Waals surface area contributed by atoms with Crippen LogP contribution in [0.3, 0.4) is 0 Å². The molecule has 1 heterocycles. The van der Waals surface area contributed by atoms with E-state index in [1.165, 1.54) is 6.08 Å². The average Bonchev–Trinajstić information content (AvgIpc) is 2.96. The van der Waals surface area contributed by atoms with Gasteiger partial charge in [-0.05, 0) is 30.2 Å². The van der Waals surface area contributed by atoms with Gasteiger partial charge in [0.05, 0.1) is 0 Å². The van der Waals surface area contributed by atoms with Crippen molar-refractivity contribution in [2.24, 2.45) is 0 Å². The highest BCUT2D eigenvalue weighted by Crippen LogP contribution is 2.21. The Balaban J connectivity index is 1.74. The van der Waals surface area contributed by atoms with Crippen LogP contribution < -0.4 is 5.32 Å². The Morgan fingerprint density at radius 3 is 2.95 bits per heavy atom. The van der Waals surface area contributed by atoms with E-state index in [1.54, 1.807) is 36.7 Å². The lowest BCUT2D eigenvalue weighted by Crippen LogP contribution is -2.22. The summed E-state index contributed by atoms with van der Waals surface area (Å²) in [6, 6.07) is 5.14. The van der Waals surface area contributed by atoms with Crippen LogP contribution in [0, 0.1) is 0 Å². The van der Waals surface area contributed by atoms with E-state index in [1.807, 2.05) is 0 Å². The Bertz CT molecular complexity index is 624. The van der Waals surface area contributed by atoms with E-state index in [4.69, 9.17) is 23.2 Å². The van der Waals surface area contributed by atoms with Gasteiger partial charge >= 0.3 is 0 Å². The maximum atomic E-state index is 11.7. The third-order valence-electron chi connectivity index (χ3n) is 2.82. The van der Waals surface area contributed by atoms with Crippen LogP contribution in [0.5, 0.6) is 0 Å². The molecule has 0 radical (unpaired) electrons. The minimum atomic E-state index is -0.152. The van der Waals surface area contributed by atoms with Gasteiger partial charge in [0.15, 0.2) is 0 Å². The van der Waals surface area contributed by atoms with Crippen molar-refractivity contribution in [3.05, 3.63) is 58.1 Å². The van der Waals surface area contributed by atoms with E-state index in [2.05, 4.69) is 15.3 Å². The minimum absolute atomic E-state index is 0.152. The van der Waals surface area contributed by atoms with Gasteiger partial charge in [-0.25, -0.2) is 4.98 Å². The lowest BCUT2D eigenvalue weighted by atomic mass is 10.2. The molecule has 1 amide bonds. The molecule has 1 aromatic heterocycles. The maximum Gasteiger partial charge on any atom is 0.244 e. The van der Waals surface area contributed by atoms with Crippen LogP contribution in [0.2, 0.25) is 10.0 Å². The van der Waals surface area contributed by atoms with Crippen molar-refractivity contribution in [3.8, 4) is 0 Å². The molecule has 0 saturated carbocycles. The zero-order valence-electron chi connectivity index (χ0n) is 11.3. The van der Waals surface area contributed by atoms with E-state index in [9.17, 15) is 4.79 Å². The molecule has 0 bridgehead atoms. The molecule has 110 valence electrons. The molecule has 21 heavy (non-hydrogen) atoms. The topological polar surface area (TPSA) is 57.8 Å². The summed E-state index contributed by atoms with van der Waals surface area (Å²) in [5.41, 5.74) is 0.756. The van der Waals surface area contributed by atoms with Gasteiger partial charge in [0, 0.05) is 41.5 Å². The molecule has 0 unspecified atom stereocenters. The van der Waals surface area contributed by atoms with Gasteiger partial charge in [-0.3, -0.25) is 4.79 Å². The van der Waals surface area contributed by atoms with Crippen LogP contribution in [0.15, 0.2) is 36.7 Å². The predicted octanol–water partition coefficient (Wildman–Crippen LogP) is 3.48. The van der Waals surface area contributed by atoms with Crippen LogP contribution in [0.25, 0.3) is 6.08 Å². The number of H-pyrrole nitrogens is 1. The molecular formula is C15H15Cl2N3O. The Morgan fingerprint density at radius 2 is 2.24 bits per heavy atom. The third-order valence-corrected chi connectivity index (χ3v) is 3.38. The van der Waals surface area contributed by atoms with Crippen LogP contribution in [-0.4, -0.2) is 22.4 Å². The number of aromatic amines is 1. The molecule has 4 nitrogen and oxygen atoms in total. The summed E-state index contributed by atoms with van der Waals surface area (Å²) in [4.78, 5) is 18.8. The molecule has 0 aliphatic carbocycles. The molecule has 2 N–H and O–H groups in total. The summed E-state index contributed by atoms with van der Waals surface area (Å²) in [7, 11) is 0. The first-order chi connectivity index (χ1) is 10.1. The highest BCUT2D eigenvalue weighted by molar-refractivity contribution is 6.35. The zero-order valence-corrected chi connectivity index (χ0v) is 12.8. The maximum absolute atomic E-state index is 11.7. The number of halogens is 2. The van der Waals surface area contributed by atoms with E-state index in [0.29, 0.717) is 16.6 Å². The zero-order chi connectivity index (χ0) is 15.1. The number of amides is 1. The van der Waals surface area contributed by atoms with Crippen molar-refractivity contribution in [2.45, 2.75) is 12.8 Å². The highest BCUT2D eigenvalue weighted by atomic mass is 35.5. The molecule has 2 aromatic rings. The summed E-state index contributed by atoms with van der Waals surface area (Å²) in [6.45, 7) is 0.595. The number of aromatic nitrogens is 2. The SMILES string of the molecule is O=C(/C=C/c1ccc(Cl)cc1Cl)NCCCc1ncc[nH]1. The number of hydrogen-bond acceptors (Lipinski definition) is 2. The molecule has 6 heteroatoms. The molecule has 0 aliphatic rings. The van der Waals surface area contributed by atoms with Gasteiger partial charge < -0.3 is 10.3 Å². The Hall–Kier alpha value is -1.78. The summed E-state index contributed by atoms with van der Waals surface area (Å²) in [5, 5.41) is 3.90. The highest BCUT2D eigenvalue weighted by Gasteiger charge is 2.00. The van der Waals surface area contributed by atoms with Crippen molar-refractivity contribution in [2.75, 3.05) is 6.54 Å². The number of nitrogens with one attached hydrogen (secondary N) is 2. The first-order valence-electron chi connectivity index (χ1n) is 6.54. The lowest BCUT2D eigenvalue weighted by Gasteiger charge is -2.01. The fraction of sp³-hybridized carbons (Fsp3) is 0.200. The molecule has 2 rings (SSSR count). The largest absolute Gasteiger partial charge is 0.353 e. The summed E-state index contributed by atoms with van der Waals surface area (Å²) in [6.07, 6.45) is 8.26. The number of aryl methyl sites for hydroxylation is 1. The number of imidazole rings is 1. The Labute approximate surface area is 133 Å². The monoisotopic (exact) mass is 323 g/mol. The van der Waals surface area contributed by atoms with Crippen LogP contribution >= 0.6 is 23.2 Å². The van der Waals surface area contributed by atoms with Gasteiger partial charge in [-0.2, -0.15) is 0 Å². The first kappa shape index (κ1) is 15.6. The van der Waals surface area contributed by atoms with Crippen LogP contribution in [0.1, 0.15) is 17.8 Å². The van der Waals surface area contributed by atoms with Gasteiger partial charge in [-0.1, -0.05) is 29.3 Å². The first-order valence-corrected chi connectivity index (χ1v) is 7.30. The number of carbonyl (C=O) groups is 1. The fourth-order valence-electron chi connectivity index (χ4n) is 1.76. The van der Waals surface area contributed by atoms with Gasteiger partial charge in [0.2, 0.25) is 5.91 Å². The molecule has 0 aliphatic heterocycles. The third kappa shape index (κ3) is 5.25. The van der Waals surface area contributed by atoms with Crippen molar-refractivity contribution < 1.29 is 4.79 Å². The van der Waals surface area contributed by atoms with Gasteiger partial charge in [0.1, 0.15) is 5.82 Å². The smallest absolute Gasteiger partial charge is 0.244 e. The van der Waals surface area contributed by atoms with E-state index in [0.717, 1.165) is 24.2 Å². The predicted molar refractivity (Wildman–Crippen MR) is 85.4 cm³/mol. The molecular weight excluding hydrogens is 309 g/mol. The second-order valence-corrected chi connectivity index (χ2v) is 5.27. The average molecular weight is 324 g/mol.